The summed E-state index contributed by atoms with van der Waals surface area (Å²) in [6, 6.07) is 0. The van der Waals surface area contributed by atoms with Gasteiger partial charge in [-0.2, -0.15) is 0 Å². The van der Waals surface area contributed by atoms with Crippen LogP contribution in [0.25, 0.3) is 0 Å². The van der Waals surface area contributed by atoms with E-state index in [9.17, 15) is 0 Å². The summed E-state index contributed by atoms with van der Waals surface area (Å²) in [5.41, 5.74) is 2.55. The normalized spacial score (nSPS) is 11.5. The predicted molar refractivity (Wildman–Crippen MR) is 66.7 cm³/mol. The second-order valence-electron chi connectivity index (χ2n) is 3.67. The van der Waals surface area contributed by atoms with Crippen LogP contribution in [0.4, 0.5) is 0 Å². The zero-order chi connectivity index (χ0) is 11.4. The topological polar surface area (TPSA) is 62.4 Å². The Morgan fingerprint density at radius 3 is 2.33 bits per heavy atom. The van der Waals surface area contributed by atoms with E-state index in [1.165, 1.54) is 32.1 Å². The third-order valence-corrected chi connectivity index (χ3v) is 2.26. The molecule has 0 aromatic heterocycles. The molecule has 0 aliphatic heterocycles. The van der Waals surface area contributed by atoms with Gasteiger partial charge < -0.3 is 5.32 Å². The summed E-state index contributed by atoms with van der Waals surface area (Å²) < 4.78 is 0. The van der Waals surface area contributed by atoms with Crippen molar-refractivity contribution in [2.24, 2.45) is 10.8 Å². The highest BCUT2D eigenvalue weighted by atomic mass is 15.3. The quantitative estimate of drug-likeness (QED) is 0.190. The number of hydrogen-bond donors (Lipinski definition) is 3. The fraction of sp³-hybridized carbons (Fsp3) is 0.909. The van der Waals surface area contributed by atoms with Gasteiger partial charge in [0.2, 0.25) is 5.96 Å². The minimum Gasteiger partial charge on any atom is -0.356 e. The van der Waals surface area contributed by atoms with Crippen molar-refractivity contribution in [3.63, 3.8) is 0 Å². The van der Waals surface area contributed by atoms with Crippen LogP contribution in [0.1, 0.15) is 52.4 Å². The summed E-state index contributed by atoms with van der Waals surface area (Å²) in [4.78, 5) is 4.32. The zero-order valence-electron chi connectivity index (χ0n) is 10.2. The smallest absolute Gasteiger partial charge is 0.205 e. The molecule has 4 heteroatoms. The average molecular weight is 214 g/mol. The summed E-state index contributed by atoms with van der Waals surface area (Å²) in [5, 5.41) is 3.06. The number of hydrazine groups is 1. The van der Waals surface area contributed by atoms with Gasteiger partial charge in [-0.1, -0.05) is 39.0 Å². The molecule has 0 heterocycles. The van der Waals surface area contributed by atoms with Crippen molar-refractivity contribution in [3.8, 4) is 0 Å². The van der Waals surface area contributed by atoms with Crippen molar-refractivity contribution >= 4 is 5.96 Å². The van der Waals surface area contributed by atoms with Crippen molar-refractivity contribution in [2.75, 3.05) is 13.1 Å². The van der Waals surface area contributed by atoms with Crippen LogP contribution < -0.4 is 16.6 Å². The van der Waals surface area contributed by atoms with Crippen LogP contribution in [-0.2, 0) is 0 Å². The van der Waals surface area contributed by atoms with Crippen LogP contribution in [0, 0.1) is 0 Å². The molecule has 0 fully saturated rings. The van der Waals surface area contributed by atoms with Gasteiger partial charge in [-0.25, -0.2) is 5.84 Å². The molecular formula is C11H26N4. The average Bonchev–Trinajstić information content (AvgIpc) is 2.26. The third kappa shape index (κ3) is 9.53. The largest absolute Gasteiger partial charge is 0.356 e. The maximum Gasteiger partial charge on any atom is 0.205 e. The Kier molecular flexibility index (Phi) is 10.7. The second kappa shape index (κ2) is 11.3. The molecule has 4 nitrogen and oxygen atoms in total. The van der Waals surface area contributed by atoms with E-state index >= 15 is 0 Å². The number of rotatable bonds is 8. The molecule has 0 aromatic rings. The molecule has 0 unspecified atom stereocenters. The van der Waals surface area contributed by atoms with Gasteiger partial charge in [0, 0.05) is 13.1 Å². The van der Waals surface area contributed by atoms with Gasteiger partial charge >= 0.3 is 0 Å². The summed E-state index contributed by atoms with van der Waals surface area (Å²) in [7, 11) is 0. The van der Waals surface area contributed by atoms with Crippen molar-refractivity contribution in [2.45, 2.75) is 52.4 Å². The standard InChI is InChI=1S/C11H26N4/c1-3-5-6-7-8-9-10-14-11(15-12)13-4-2/h3-10,12H2,1-2H3,(H2,13,14,15). The van der Waals surface area contributed by atoms with E-state index < -0.39 is 0 Å². The molecule has 0 rings (SSSR count). The van der Waals surface area contributed by atoms with Crippen molar-refractivity contribution in [1.82, 2.24) is 10.7 Å². The highest BCUT2D eigenvalue weighted by molar-refractivity contribution is 5.78. The lowest BCUT2D eigenvalue weighted by atomic mass is 10.1. The van der Waals surface area contributed by atoms with Gasteiger partial charge in [0.25, 0.3) is 0 Å². The molecule has 0 aromatic carbocycles. The van der Waals surface area contributed by atoms with E-state index in [0.717, 1.165) is 19.5 Å². The van der Waals surface area contributed by atoms with Crippen molar-refractivity contribution in [3.05, 3.63) is 0 Å². The number of guanidine groups is 1. The molecule has 0 saturated carbocycles. The first-order chi connectivity index (χ1) is 7.35. The van der Waals surface area contributed by atoms with Gasteiger partial charge in [0.1, 0.15) is 0 Å². The fourth-order valence-electron chi connectivity index (χ4n) is 1.40. The molecule has 4 N–H and O–H groups in total. The molecule has 0 amide bonds. The van der Waals surface area contributed by atoms with Crippen molar-refractivity contribution in [1.29, 1.82) is 0 Å². The number of unbranched alkanes of at least 4 members (excludes halogenated alkanes) is 5. The van der Waals surface area contributed by atoms with E-state index in [1.54, 1.807) is 0 Å². The minimum atomic E-state index is 0.700. The van der Waals surface area contributed by atoms with E-state index in [2.05, 4.69) is 22.7 Å². The zero-order valence-corrected chi connectivity index (χ0v) is 10.2. The lowest BCUT2D eigenvalue weighted by molar-refractivity contribution is 0.611. The molecule has 0 aliphatic rings. The number of nitrogens with two attached hydrogens (primary N) is 1. The third-order valence-electron chi connectivity index (χ3n) is 2.26. The highest BCUT2D eigenvalue weighted by Gasteiger charge is 1.92. The highest BCUT2D eigenvalue weighted by Crippen LogP contribution is 2.04. The Labute approximate surface area is 93.7 Å². The lowest BCUT2D eigenvalue weighted by Crippen LogP contribution is -2.41. The fourth-order valence-corrected chi connectivity index (χ4v) is 1.40. The van der Waals surface area contributed by atoms with Gasteiger partial charge in [0.05, 0.1) is 0 Å². The van der Waals surface area contributed by atoms with Gasteiger partial charge in [0.15, 0.2) is 0 Å². The summed E-state index contributed by atoms with van der Waals surface area (Å²) in [5.74, 6) is 6.00. The first-order valence-electron chi connectivity index (χ1n) is 6.10. The molecule has 15 heavy (non-hydrogen) atoms. The molecule has 90 valence electrons. The van der Waals surface area contributed by atoms with E-state index in [4.69, 9.17) is 5.84 Å². The lowest BCUT2D eigenvalue weighted by Gasteiger charge is -2.06. The van der Waals surface area contributed by atoms with Gasteiger partial charge in [-0.3, -0.25) is 10.4 Å². The molecule has 0 saturated heterocycles. The van der Waals surface area contributed by atoms with Crippen LogP contribution >= 0.6 is 0 Å². The number of nitrogens with zero attached hydrogens (tertiary/aromatic N) is 1. The van der Waals surface area contributed by atoms with Crippen LogP contribution in [0.2, 0.25) is 0 Å². The Morgan fingerprint density at radius 1 is 1.07 bits per heavy atom. The molecule has 0 radical (unpaired) electrons. The van der Waals surface area contributed by atoms with E-state index in [1.807, 2.05) is 6.92 Å². The maximum absolute atomic E-state index is 5.30. The Morgan fingerprint density at radius 2 is 1.73 bits per heavy atom. The van der Waals surface area contributed by atoms with Crippen LogP contribution in [0.3, 0.4) is 0 Å². The first-order valence-corrected chi connectivity index (χ1v) is 6.10. The molecular weight excluding hydrogens is 188 g/mol. The predicted octanol–water partition coefficient (Wildman–Crippen LogP) is 1.78. The first kappa shape index (κ1) is 14.2. The Balaban J connectivity index is 3.33. The number of hydrogen-bond acceptors (Lipinski definition) is 2. The summed E-state index contributed by atoms with van der Waals surface area (Å²) in [6.07, 6.45) is 7.77. The summed E-state index contributed by atoms with van der Waals surface area (Å²) in [6.45, 7) is 5.97. The van der Waals surface area contributed by atoms with Crippen LogP contribution in [0.5, 0.6) is 0 Å². The maximum atomic E-state index is 5.30. The number of nitrogens with one attached hydrogen (secondary N) is 2. The monoisotopic (exact) mass is 214 g/mol. The van der Waals surface area contributed by atoms with Crippen LogP contribution in [0.15, 0.2) is 4.99 Å². The Bertz CT molecular complexity index is 157. The van der Waals surface area contributed by atoms with Crippen molar-refractivity contribution < 1.29 is 0 Å². The molecule has 0 spiro atoms. The molecule has 0 bridgehead atoms. The minimum absolute atomic E-state index is 0.700. The molecule has 0 aliphatic carbocycles. The summed E-state index contributed by atoms with van der Waals surface area (Å²) >= 11 is 0. The SMILES string of the molecule is CCCCCCCCN=C(NN)NCC. The van der Waals surface area contributed by atoms with Crippen LogP contribution in [-0.4, -0.2) is 19.0 Å². The molecule has 0 atom stereocenters. The van der Waals surface area contributed by atoms with Gasteiger partial charge in [-0.15, -0.1) is 0 Å². The second-order valence-corrected chi connectivity index (χ2v) is 3.67. The van der Waals surface area contributed by atoms with E-state index in [0.29, 0.717) is 5.96 Å². The Hall–Kier alpha value is -0.770. The van der Waals surface area contributed by atoms with Gasteiger partial charge in [-0.05, 0) is 13.3 Å². The number of aliphatic imine (C=N–C) groups is 1. The van der Waals surface area contributed by atoms with E-state index in [-0.39, 0.29) is 0 Å².